The highest BCUT2D eigenvalue weighted by Gasteiger charge is 2.06. The van der Waals surface area contributed by atoms with E-state index in [2.05, 4.69) is 56.7 Å². The third-order valence-electron chi connectivity index (χ3n) is 4.18. The largest absolute Gasteiger partial charge is 0.495 e. The SMILES string of the molecule is CCN(CC)c1ccc(Nc2nncc(Nc3ccccc3OC)n2)cc1. The zero-order chi connectivity index (χ0) is 19.1. The van der Waals surface area contributed by atoms with Crippen molar-refractivity contribution in [2.24, 2.45) is 0 Å². The minimum absolute atomic E-state index is 0.422. The number of hydrogen-bond acceptors (Lipinski definition) is 7. The van der Waals surface area contributed by atoms with Crippen molar-refractivity contribution in [2.75, 3.05) is 35.7 Å². The fourth-order valence-electron chi connectivity index (χ4n) is 2.78. The van der Waals surface area contributed by atoms with Crippen LogP contribution in [0.2, 0.25) is 0 Å². The third kappa shape index (κ3) is 4.63. The summed E-state index contributed by atoms with van der Waals surface area (Å²) in [5, 5.41) is 14.5. The molecule has 0 fully saturated rings. The Bertz CT molecular complexity index is 864. The van der Waals surface area contributed by atoms with Gasteiger partial charge in [-0.1, -0.05) is 12.1 Å². The van der Waals surface area contributed by atoms with Crippen LogP contribution < -0.4 is 20.3 Å². The summed E-state index contributed by atoms with van der Waals surface area (Å²) < 4.78 is 5.35. The number of nitrogens with one attached hydrogen (secondary N) is 2. The molecule has 27 heavy (non-hydrogen) atoms. The number of anilines is 5. The third-order valence-corrected chi connectivity index (χ3v) is 4.18. The van der Waals surface area contributed by atoms with Crippen molar-refractivity contribution in [2.45, 2.75) is 13.8 Å². The number of rotatable bonds is 8. The monoisotopic (exact) mass is 364 g/mol. The van der Waals surface area contributed by atoms with E-state index in [0.29, 0.717) is 11.8 Å². The first kappa shape index (κ1) is 18.4. The summed E-state index contributed by atoms with van der Waals surface area (Å²) in [4.78, 5) is 6.76. The number of hydrogen-bond donors (Lipinski definition) is 2. The van der Waals surface area contributed by atoms with Gasteiger partial charge in [0.15, 0.2) is 5.82 Å². The molecule has 0 aliphatic carbocycles. The van der Waals surface area contributed by atoms with Crippen LogP contribution in [0.1, 0.15) is 13.8 Å². The van der Waals surface area contributed by atoms with E-state index in [0.717, 1.165) is 30.2 Å². The average molecular weight is 364 g/mol. The molecule has 3 rings (SSSR count). The van der Waals surface area contributed by atoms with E-state index >= 15 is 0 Å². The summed E-state index contributed by atoms with van der Waals surface area (Å²) in [6.45, 7) is 6.25. The molecule has 0 saturated heterocycles. The molecule has 0 amide bonds. The molecule has 140 valence electrons. The molecule has 0 unspecified atom stereocenters. The van der Waals surface area contributed by atoms with Gasteiger partial charge in [0.1, 0.15) is 5.75 Å². The Labute approximate surface area is 159 Å². The molecule has 0 spiro atoms. The second kappa shape index (κ2) is 8.84. The zero-order valence-electron chi connectivity index (χ0n) is 15.8. The molecule has 0 aliphatic heterocycles. The lowest BCUT2D eigenvalue weighted by Crippen LogP contribution is -2.21. The van der Waals surface area contributed by atoms with E-state index < -0.39 is 0 Å². The molecule has 0 bridgehead atoms. The van der Waals surface area contributed by atoms with Gasteiger partial charge >= 0.3 is 0 Å². The van der Waals surface area contributed by atoms with Crippen LogP contribution in [0.15, 0.2) is 54.7 Å². The molecule has 0 saturated carbocycles. The predicted octanol–water partition coefficient (Wildman–Crippen LogP) is 4.21. The molecule has 0 atom stereocenters. The Morgan fingerprint density at radius 1 is 0.963 bits per heavy atom. The second-order valence-electron chi connectivity index (χ2n) is 5.83. The lowest BCUT2D eigenvalue weighted by molar-refractivity contribution is 0.417. The first-order valence-electron chi connectivity index (χ1n) is 8.95. The number of nitrogens with zero attached hydrogens (tertiary/aromatic N) is 4. The molecular formula is C20H24N6O. The van der Waals surface area contributed by atoms with E-state index in [1.54, 1.807) is 13.3 Å². The summed E-state index contributed by atoms with van der Waals surface area (Å²) in [6, 6.07) is 15.8. The molecule has 0 radical (unpaired) electrons. The van der Waals surface area contributed by atoms with Gasteiger partial charge in [-0.05, 0) is 50.2 Å². The molecule has 1 aromatic heterocycles. The Kier molecular flexibility index (Phi) is 6.04. The van der Waals surface area contributed by atoms with Crippen LogP contribution in [0.25, 0.3) is 0 Å². The van der Waals surface area contributed by atoms with E-state index in [9.17, 15) is 0 Å². The summed E-state index contributed by atoms with van der Waals surface area (Å²) in [6.07, 6.45) is 1.57. The maximum atomic E-state index is 5.35. The Morgan fingerprint density at radius 2 is 1.70 bits per heavy atom. The molecule has 7 heteroatoms. The summed E-state index contributed by atoms with van der Waals surface area (Å²) >= 11 is 0. The van der Waals surface area contributed by atoms with Crippen molar-refractivity contribution >= 4 is 28.8 Å². The van der Waals surface area contributed by atoms with Crippen LogP contribution >= 0.6 is 0 Å². The number of aromatic nitrogens is 3. The Morgan fingerprint density at radius 3 is 2.41 bits per heavy atom. The van der Waals surface area contributed by atoms with Crippen molar-refractivity contribution in [3.63, 3.8) is 0 Å². The van der Waals surface area contributed by atoms with Gasteiger partial charge in [0.2, 0.25) is 5.95 Å². The summed E-state index contributed by atoms with van der Waals surface area (Å²) in [5.74, 6) is 1.74. The highest BCUT2D eigenvalue weighted by atomic mass is 16.5. The van der Waals surface area contributed by atoms with Crippen LogP contribution in [0.5, 0.6) is 5.75 Å². The predicted molar refractivity (Wildman–Crippen MR) is 109 cm³/mol. The lowest BCUT2D eigenvalue weighted by Gasteiger charge is -2.21. The highest BCUT2D eigenvalue weighted by Crippen LogP contribution is 2.26. The van der Waals surface area contributed by atoms with Crippen LogP contribution in [0, 0.1) is 0 Å². The molecule has 0 aliphatic rings. The van der Waals surface area contributed by atoms with Gasteiger partial charge in [-0.3, -0.25) is 0 Å². The van der Waals surface area contributed by atoms with Gasteiger partial charge in [0.25, 0.3) is 0 Å². The van der Waals surface area contributed by atoms with Crippen LogP contribution in [-0.2, 0) is 0 Å². The van der Waals surface area contributed by atoms with E-state index in [-0.39, 0.29) is 0 Å². The van der Waals surface area contributed by atoms with Crippen LogP contribution in [-0.4, -0.2) is 35.4 Å². The maximum absolute atomic E-state index is 5.35. The Hall–Kier alpha value is -3.35. The van der Waals surface area contributed by atoms with E-state index in [1.165, 1.54) is 5.69 Å². The molecule has 1 heterocycles. The molecule has 2 aromatic carbocycles. The fraction of sp³-hybridized carbons (Fsp3) is 0.250. The van der Waals surface area contributed by atoms with Crippen LogP contribution in [0.3, 0.4) is 0 Å². The fourth-order valence-corrected chi connectivity index (χ4v) is 2.78. The van der Waals surface area contributed by atoms with E-state index in [4.69, 9.17) is 4.74 Å². The van der Waals surface area contributed by atoms with Gasteiger partial charge in [-0.25, -0.2) is 0 Å². The first-order chi connectivity index (χ1) is 13.2. The van der Waals surface area contributed by atoms with Crippen molar-refractivity contribution in [1.82, 2.24) is 15.2 Å². The normalized spacial score (nSPS) is 10.3. The summed E-state index contributed by atoms with van der Waals surface area (Å²) in [7, 11) is 1.63. The van der Waals surface area contributed by atoms with Crippen molar-refractivity contribution in [3.8, 4) is 5.75 Å². The Balaban J connectivity index is 1.72. The number of benzene rings is 2. The average Bonchev–Trinajstić information content (AvgIpc) is 2.71. The van der Waals surface area contributed by atoms with Gasteiger partial charge < -0.3 is 20.3 Å². The van der Waals surface area contributed by atoms with Crippen molar-refractivity contribution in [3.05, 3.63) is 54.7 Å². The van der Waals surface area contributed by atoms with Gasteiger partial charge in [0, 0.05) is 24.5 Å². The number of para-hydroxylation sites is 2. The topological polar surface area (TPSA) is 75.2 Å². The molecule has 3 aromatic rings. The quantitative estimate of drug-likeness (QED) is 0.620. The number of ether oxygens (including phenoxy) is 1. The standard InChI is InChI=1S/C20H24N6O/c1-4-26(5-2)16-12-10-15(11-13-16)22-20-24-19(14-21-25-20)23-17-8-6-7-9-18(17)27-3/h6-14H,4-5H2,1-3H3,(H2,22,23,24,25). The van der Waals surface area contributed by atoms with Gasteiger partial charge in [-0.2, -0.15) is 10.1 Å². The molecular weight excluding hydrogens is 340 g/mol. The minimum Gasteiger partial charge on any atom is -0.495 e. The number of methoxy groups -OCH3 is 1. The molecule has 2 N–H and O–H groups in total. The second-order valence-corrected chi connectivity index (χ2v) is 5.83. The summed E-state index contributed by atoms with van der Waals surface area (Å²) in [5.41, 5.74) is 2.91. The first-order valence-corrected chi connectivity index (χ1v) is 8.95. The van der Waals surface area contributed by atoms with E-state index in [1.807, 2.05) is 36.4 Å². The highest BCUT2D eigenvalue weighted by molar-refractivity contribution is 5.65. The van der Waals surface area contributed by atoms with Gasteiger partial charge in [0.05, 0.1) is 19.0 Å². The molecule has 7 nitrogen and oxygen atoms in total. The van der Waals surface area contributed by atoms with Crippen molar-refractivity contribution < 1.29 is 4.74 Å². The van der Waals surface area contributed by atoms with Gasteiger partial charge in [-0.15, -0.1) is 5.10 Å². The maximum Gasteiger partial charge on any atom is 0.249 e. The minimum atomic E-state index is 0.422. The smallest absolute Gasteiger partial charge is 0.249 e. The van der Waals surface area contributed by atoms with Crippen molar-refractivity contribution in [1.29, 1.82) is 0 Å². The zero-order valence-corrected chi connectivity index (χ0v) is 15.8. The van der Waals surface area contributed by atoms with Crippen LogP contribution in [0.4, 0.5) is 28.8 Å². The lowest BCUT2D eigenvalue weighted by atomic mass is 10.2.